The van der Waals surface area contributed by atoms with E-state index < -0.39 is 0 Å². The van der Waals surface area contributed by atoms with E-state index in [0.717, 1.165) is 16.5 Å². The van der Waals surface area contributed by atoms with Gasteiger partial charge in [-0.2, -0.15) is 5.10 Å². The standard InChI is InChI=1S/C26H19N3O3/c30-26(27-20-11-12-23-24(14-20)32-16-31-23)25-21-7-3-4-8-22(21)29(28-25)15-17-9-10-18-5-1-2-6-19(18)13-17/h1-14H,15-16H2,(H,27,30). The van der Waals surface area contributed by atoms with Crippen LogP contribution < -0.4 is 14.8 Å². The molecule has 4 aromatic carbocycles. The van der Waals surface area contributed by atoms with Gasteiger partial charge in [-0.3, -0.25) is 9.48 Å². The summed E-state index contributed by atoms with van der Waals surface area (Å²) in [6.07, 6.45) is 0. The lowest BCUT2D eigenvalue weighted by molar-refractivity contribution is 0.102. The Labute approximate surface area is 184 Å². The third-order valence-corrected chi connectivity index (χ3v) is 5.65. The predicted octanol–water partition coefficient (Wildman–Crippen LogP) is 5.22. The SMILES string of the molecule is O=C(Nc1ccc2c(c1)OCO2)c1nn(Cc2ccc3ccccc3c2)c2ccccc12. The second-order valence-corrected chi connectivity index (χ2v) is 7.73. The van der Waals surface area contributed by atoms with Crippen molar-refractivity contribution in [2.45, 2.75) is 6.54 Å². The summed E-state index contributed by atoms with van der Waals surface area (Å²) < 4.78 is 12.6. The Morgan fingerprint density at radius 2 is 1.69 bits per heavy atom. The Bertz CT molecular complexity index is 1490. The number of carbonyl (C=O) groups is 1. The fraction of sp³-hybridized carbons (Fsp3) is 0.0769. The molecule has 0 atom stereocenters. The monoisotopic (exact) mass is 421 g/mol. The summed E-state index contributed by atoms with van der Waals surface area (Å²) in [5, 5.41) is 10.8. The van der Waals surface area contributed by atoms with Gasteiger partial charge in [0.05, 0.1) is 12.1 Å². The van der Waals surface area contributed by atoms with Crippen molar-refractivity contribution in [3.05, 3.63) is 96.2 Å². The third-order valence-electron chi connectivity index (χ3n) is 5.65. The molecule has 0 unspecified atom stereocenters. The normalized spacial score (nSPS) is 12.4. The molecule has 1 aromatic heterocycles. The highest BCUT2D eigenvalue weighted by molar-refractivity contribution is 6.11. The molecule has 1 aliphatic rings. The van der Waals surface area contributed by atoms with Crippen LogP contribution in [0, 0.1) is 0 Å². The minimum Gasteiger partial charge on any atom is -0.454 e. The topological polar surface area (TPSA) is 65.4 Å². The van der Waals surface area contributed by atoms with E-state index in [1.165, 1.54) is 10.8 Å². The number of aromatic nitrogens is 2. The van der Waals surface area contributed by atoms with Gasteiger partial charge in [0.1, 0.15) is 0 Å². The zero-order valence-electron chi connectivity index (χ0n) is 17.1. The van der Waals surface area contributed by atoms with Gasteiger partial charge < -0.3 is 14.8 Å². The van der Waals surface area contributed by atoms with Crippen LogP contribution in [0.1, 0.15) is 16.1 Å². The predicted molar refractivity (Wildman–Crippen MR) is 123 cm³/mol. The molecule has 2 heterocycles. The average molecular weight is 421 g/mol. The summed E-state index contributed by atoms with van der Waals surface area (Å²) >= 11 is 0. The molecule has 6 rings (SSSR count). The highest BCUT2D eigenvalue weighted by atomic mass is 16.7. The van der Waals surface area contributed by atoms with Crippen molar-refractivity contribution >= 4 is 33.3 Å². The fourth-order valence-electron chi connectivity index (χ4n) is 4.09. The smallest absolute Gasteiger partial charge is 0.276 e. The molecule has 1 amide bonds. The van der Waals surface area contributed by atoms with Gasteiger partial charge in [-0.15, -0.1) is 0 Å². The molecule has 6 heteroatoms. The van der Waals surface area contributed by atoms with Gasteiger partial charge >= 0.3 is 0 Å². The van der Waals surface area contributed by atoms with Crippen molar-refractivity contribution in [3.63, 3.8) is 0 Å². The number of ether oxygens (including phenoxy) is 2. The lowest BCUT2D eigenvalue weighted by atomic mass is 10.1. The van der Waals surface area contributed by atoms with E-state index in [9.17, 15) is 4.79 Å². The highest BCUT2D eigenvalue weighted by Gasteiger charge is 2.19. The summed E-state index contributed by atoms with van der Waals surface area (Å²) in [6.45, 7) is 0.763. The van der Waals surface area contributed by atoms with E-state index >= 15 is 0 Å². The van der Waals surface area contributed by atoms with E-state index in [1.807, 2.05) is 41.1 Å². The summed E-state index contributed by atoms with van der Waals surface area (Å²) in [6, 6.07) is 27.8. The van der Waals surface area contributed by atoms with Crippen molar-refractivity contribution in [2.75, 3.05) is 12.1 Å². The van der Waals surface area contributed by atoms with E-state index in [0.29, 0.717) is 29.4 Å². The van der Waals surface area contributed by atoms with Crippen molar-refractivity contribution in [1.29, 1.82) is 0 Å². The van der Waals surface area contributed by atoms with Crippen LogP contribution in [0.4, 0.5) is 5.69 Å². The van der Waals surface area contributed by atoms with E-state index in [4.69, 9.17) is 9.47 Å². The second kappa shape index (κ2) is 7.42. The van der Waals surface area contributed by atoms with Crippen molar-refractivity contribution in [1.82, 2.24) is 9.78 Å². The molecule has 1 N–H and O–H groups in total. The van der Waals surface area contributed by atoms with E-state index in [2.05, 4.69) is 40.7 Å². The molecule has 0 aliphatic carbocycles. The molecule has 5 aromatic rings. The number of amides is 1. The lowest BCUT2D eigenvalue weighted by Gasteiger charge is -2.06. The molecule has 6 nitrogen and oxygen atoms in total. The van der Waals surface area contributed by atoms with Gasteiger partial charge in [0.25, 0.3) is 5.91 Å². The first-order valence-corrected chi connectivity index (χ1v) is 10.4. The number of nitrogens with zero attached hydrogens (tertiary/aromatic N) is 2. The van der Waals surface area contributed by atoms with Gasteiger partial charge in [0, 0.05) is 17.1 Å². The molecule has 0 bridgehead atoms. The maximum Gasteiger partial charge on any atom is 0.276 e. The average Bonchev–Trinajstić information content (AvgIpc) is 3.44. The Hall–Kier alpha value is -4.32. The number of hydrogen-bond donors (Lipinski definition) is 1. The first-order valence-electron chi connectivity index (χ1n) is 10.4. The summed E-state index contributed by atoms with van der Waals surface area (Å²) in [5.41, 5.74) is 3.06. The molecule has 0 saturated carbocycles. The fourth-order valence-corrected chi connectivity index (χ4v) is 4.09. The molecule has 0 radical (unpaired) electrons. The molecular weight excluding hydrogens is 402 g/mol. The Morgan fingerprint density at radius 3 is 2.62 bits per heavy atom. The minimum atomic E-state index is -0.266. The van der Waals surface area contributed by atoms with Gasteiger partial charge in [-0.1, -0.05) is 54.6 Å². The number of para-hydroxylation sites is 1. The summed E-state index contributed by atoms with van der Waals surface area (Å²) in [7, 11) is 0. The second-order valence-electron chi connectivity index (χ2n) is 7.73. The quantitative estimate of drug-likeness (QED) is 0.432. The van der Waals surface area contributed by atoms with E-state index in [1.54, 1.807) is 18.2 Å². The van der Waals surface area contributed by atoms with Crippen LogP contribution in [0.25, 0.3) is 21.7 Å². The van der Waals surface area contributed by atoms with Gasteiger partial charge in [-0.25, -0.2) is 0 Å². The zero-order valence-corrected chi connectivity index (χ0v) is 17.1. The number of hydrogen-bond acceptors (Lipinski definition) is 4. The van der Waals surface area contributed by atoms with Crippen molar-refractivity contribution in [2.24, 2.45) is 0 Å². The summed E-state index contributed by atoms with van der Waals surface area (Å²) in [5.74, 6) is 1.03. The van der Waals surface area contributed by atoms with Crippen LogP contribution in [0.5, 0.6) is 11.5 Å². The minimum absolute atomic E-state index is 0.191. The molecule has 32 heavy (non-hydrogen) atoms. The first kappa shape index (κ1) is 18.4. The van der Waals surface area contributed by atoms with E-state index in [-0.39, 0.29) is 12.7 Å². The van der Waals surface area contributed by atoms with Crippen LogP contribution in [0.2, 0.25) is 0 Å². The number of nitrogens with one attached hydrogen (secondary N) is 1. The lowest BCUT2D eigenvalue weighted by Crippen LogP contribution is -2.14. The molecule has 0 fully saturated rings. The number of carbonyl (C=O) groups excluding carboxylic acids is 1. The first-order chi connectivity index (χ1) is 15.7. The van der Waals surface area contributed by atoms with Crippen LogP contribution in [-0.2, 0) is 6.54 Å². The molecular formula is C26H19N3O3. The molecule has 156 valence electrons. The summed E-state index contributed by atoms with van der Waals surface area (Å²) in [4.78, 5) is 13.1. The maximum absolute atomic E-state index is 13.1. The number of benzene rings is 4. The number of rotatable bonds is 4. The maximum atomic E-state index is 13.1. The van der Waals surface area contributed by atoms with Crippen LogP contribution in [0.3, 0.4) is 0 Å². The van der Waals surface area contributed by atoms with Crippen LogP contribution in [-0.4, -0.2) is 22.5 Å². The molecule has 0 saturated heterocycles. The van der Waals surface area contributed by atoms with Crippen LogP contribution >= 0.6 is 0 Å². The number of fused-ring (bicyclic) bond motifs is 3. The highest BCUT2D eigenvalue weighted by Crippen LogP contribution is 2.34. The van der Waals surface area contributed by atoms with Gasteiger partial charge in [0.15, 0.2) is 17.2 Å². The van der Waals surface area contributed by atoms with Crippen LogP contribution in [0.15, 0.2) is 84.9 Å². The molecule has 1 aliphatic heterocycles. The number of anilines is 1. The molecule has 0 spiro atoms. The third kappa shape index (κ3) is 3.22. The van der Waals surface area contributed by atoms with Gasteiger partial charge in [-0.05, 0) is 40.6 Å². The Kier molecular flexibility index (Phi) is 4.28. The Balaban J connectivity index is 1.33. The zero-order chi connectivity index (χ0) is 21.5. The largest absolute Gasteiger partial charge is 0.454 e. The van der Waals surface area contributed by atoms with Crippen molar-refractivity contribution in [3.8, 4) is 11.5 Å². The van der Waals surface area contributed by atoms with Gasteiger partial charge in [0.2, 0.25) is 6.79 Å². The Morgan fingerprint density at radius 1 is 0.875 bits per heavy atom. The van der Waals surface area contributed by atoms with Crippen molar-refractivity contribution < 1.29 is 14.3 Å².